The third-order valence-electron chi connectivity index (χ3n) is 7.24. The maximum Gasteiger partial charge on any atom is 0.169 e. The number of methoxy groups -OCH3 is 2. The molecule has 0 saturated carbocycles. The van der Waals surface area contributed by atoms with E-state index in [-0.39, 0.29) is 11.5 Å². The van der Waals surface area contributed by atoms with Crippen LogP contribution in [0.25, 0.3) is 0 Å². The lowest BCUT2D eigenvalue weighted by atomic mass is 9.57. The standard InChI is InChI=1S/C23H29NO3/c1-5-14(2)13-24-11-10-23-16-7-9-19(26-4)22(23)27-21-18(25-3)8-6-15(20(21)23)12-17(16)24/h6-9,14,17,22H,5,10-13H2,1-4H3/t14?,17?,22?,23-/m1/s1. The number of hydrogen-bond donors (Lipinski definition) is 0. The van der Waals surface area contributed by atoms with E-state index in [0.717, 1.165) is 42.6 Å². The Labute approximate surface area is 161 Å². The van der Waals surface area contributed by atoms with Gasteiger partial charge in [0, 0.05) is 24.7 Å². The minimum absolute atomic E-state index is 0.0684. The lowest BCUT2D eigenvalue weighted by Crippen LogP contribution is -2.60. The van der Waals surface area contributed by atoms with E-state index >= 15 is 0 Å². The maximum absolute atomic E-state index is 6.56. The van der Waals surface area contributed by atoms with E-state index in [1.54, 1.807) is 14.2 Å². The molecule has 4 atom stereocenters. The van der Waals surface area contributed by atoms with Crippen LogP contribution in [0.4, 0.5) is 0 Å². The second-order valence-electron chi connectivity index (χ2n) is 8.47. The van der Waals surface area contributed by atoms with Gasteiger partial charge in [0.2, 0.25) is 0 Å². The zero-order valence-electron chi connectivity index (χ0n) is 16.7. The van der Waals surface area contributed by atoms with Gasteiger partial charge in [-0.1, -0.05) is 32.4 Å². The van der Waals surface area contributed by atoms with Crippen LogP contribution >= 0.6 is 0 Å². The molecule has 2 bridgehead atoms. The molecule has 1 saturated heterocycles. The highest BCUT2D eigenvalue weighted by atomic mass is 16.6. The molecule has 0 amide bonds. The first-order valence-electron chi connectivity index (χ1n) is 10.2. The van der Waals surface area contributed by atoms with Gasteiger partial charge >= 0.3 is 0 Å². The Bertz CT molecular complexity index is 842. The predicted octanol–water partition coefficient (Wildman–Crippen LogP) is 3.84. The second-order valence-corrected chi connectivity index (χ2v) is 8.47. The van der Waals surface area contributed by atoms with E-state index in [1.165, 1.54) is 29.7 Å². The molecule has 4 heteroatoms. The fourth-order valence-electron chi connectivity index (χ4n) is 5.75. The van der Waals surface area contributed by atoms with Gasteiger partial charge in [-0.3, -0.25) is 4.90 Å². The highest BCUT2D eigenvalue weighted by Gasteiger charge is 2.62. The zero-order valence-corrected chi connectivity index (χ0v) is 16.7. The Kier molecular flexibility index (Phi) is 3.84. The monoisotopic (exact) mass is 367 g/mol. The van der Waals surface area contributed by atoms with Crippen LogP contribution in [0.15, 0.2) is 35.6 Å². The summed E-state index contributed by atoms with van der Waals surface area (Å²) in [6, 6.07) is 4.79. The van der Waals surface area contributed by atoms with Crippen LogP contribution in [0, 0.1) is 5.92 Å². The zero-order chi connectivity index (χ0) is 18.8. The molecule has 0 N–H and O–H groups in total. The molecule has 2 aliphatic heterocycles. The Morgan fingerprint density at radius 3 is 2.85 bits per heavy atom. The Morgan fingerprint density at radius 2 is 2.11 bits per heavy atom. The first kappa shape index (κ1) is 17.2. The normalized spacial score (nSPS) is 31.4. The number of allylic oxidation sites excluding steroid dienone is 2. The molecule has 27 heavy (non-hydrogen) atoms. The van der Waals surface area contributed by atoms with Crippen molar-refractivity contribution in [2.24, 2.45) is 5.92 Å². The molecular weight excluding hydrogens is 338 g/mol. The van der Waals surface area contributed by atoms with Crippen LogP contribution in [0.2, 0.25) is 0 Å². The quantitative estimate of drug-likeness (QED) is 0.791. The first-order chi connectivity index (χ1) is 13.1. The van der Waals surface area contributed by atoms with Crippen molar-refractivity contribution in [2.45, 2.75) is 50.7 Å². The Balaban J connectivity index is 1.68. The van der Waals surface area contributed by atoms with E-state index in [0.29, 0.717) is 6.04 Å². The molecular formula is C23H29NO3. The van der Waals surface area contributed by atoms with Crippen LogP contribution in [0.1, 0.15) is 37.8 Å². The molecule has 2 aliphatic carbocycles. The van der Waals surface area contributed by atoms with Crippen molar-refractivity contribution >= 4 is 0 Å². The molecule has 5 rings (SSSR count). The number of rotatable bonds is 5. The fourth-order valence-corrected chi connectivity index (χ4v) is 5.75. The summed E-state index contributed by atoms with van der Waals surface area (Å²) in [6.45, 7) is 6.93. The molecule has 0 radical (unpaired) electrons. The molecule has 4 nitrogen and oxygen atoms in total. The summed E-state index contributed by atoms with van der Waals surface area (Å²) in [5.74, 6) is 3.42. The number of likely N-dealkylation sites (tertiary alicyclic amines) is 1. The number of nitrogens with zero attached hydrogens (tertiary/aromatic N) is 1. The van der Waals surface area contributed by atoms with Gasteiger partial charge in [-0.15, -0.1) is 0 Å². The largest absolute Gasteiger partial charge is 0.497 e. The first-order valence-corrected chi connectivity index (χ1v) is 10.2. The van der Waals surface area contributed by atoms with E-state index in [9.17, 15) is 0 Å². The number of hydrogen-bond acceptors (Lipinski definition) is 4. The summed E-state index contributed by atoms with van der Waals surface area (Å²) in [7, 11) is 3.48. The Morgan fingerprint density at radius 1 is 1.26 bits per heavy atom. The van der Waals surface area contributed by atoms with Gasteiger partial charge in [0.1, 0.15) is 5.76 Å². The van der Waals surface area contributed by atoms with Crippen molar-refractivity contribution < 1.29 is 14.2 Å². The molecule has 3 unspecified atom stereocenters. The topological polar surface area (TPSA) is 30.9 Å². The van der Waals surface area contributed by atoms with E-state index in [2.05, 4.69) is 43.0 Å². The van der Waals surface area contributed by atoms with Gasteiger partial charge in [0.25, 0.3) is 0 Å². The van der Waals surface area contributed by atoms with Crippen molar-refractivity contribution in [1.29, 1.82) is 0 Å². The molecule has 2 heterocycles. The third-order valence-corrected chi connectivity index (χ3v) is 7.24. The van der Waals surface area contributed by atoms with Crippen molar-refractivity contribution in [3.05, 3.63) is 46.7 Å². The molecule has 1 aromatic rings. The minimum atomic E-state index is -0.0891. The van der Waals surface area contributed by atoms with Gasteiger partial charge in [-0.2, -0.15) is 0 Å². The number of ether oxygens (including phenoxy) is 3. The van der Waals surface area contributed by atoms with Gasteiger partial charge in [-0.25, -0.2) is 0 Å². The van der Waals surface area contributed by atoms with Crippen LogP contribution in [-0.4, -0.2) is 44.4 Å². The molecule has 1 aromatic carbocycles. The lowest BCUT2D eigenvalue weighted by molar-refractivity contribution is 0.0585. The van der Waals surface area contributed by atoms with Crippen molar-refractivity contribution in [3.63, 3.8) is 0 Å². The number of piperidine rings is 1. The van der Waals surface area contributed by atoms with Crippen LogP contribution in [-0.2, 0) is 16.6 Å². The highest BCUT2D eigenvalue weighted by Crippen LogP contribution is 2.62. The average Bonchev–Trinajstić information content (AvgIpc) is 3.04. The maximum atomic E-state index is 6.56. The molecule has 144 valence electrons. The van der Waals surface area contributed by atoms with Gasteiger partial charge in [0.15, 0.2) is 17.6 Å². The van der Waals surface area contributed by atoms with Crippen LogP contribution in [0.5, 0.6) is 11.5 Å². The summed E-state index contributed by atoms with van der Waals surface area (Å²) >= 11 is 0. The minimum Gasteiger partial charge on any atom is -0.497 e. The smallest absolute Gasteiger partial charge is 0.169 e. The molecule has 4 aliphatic rings. The predicted molar refractivity (Wildman–Crippen MR) is 105 cm³/mol. The van der Waals surface area contributed by atoms with Gasteiger partial charge < -0.3 is 14.2 Å². The van der Waals surface area contributed by atoms with Crippen molar-refractivity contribution in [3.8, 4) is 11.5 Å². The summed E-state index contributed by atoms with van der Waals surface area (Å²) < 4.78 is 18.0. The molecule has 0 aromatic heterocycles. The average molecular weight is 367 g/mol. The summed E-state index contributed by atoms with van der Waals surface area (Å²) in [5.41, 5.74) is 4.21. The molecule has 1 fully saturated rings. The van der Waals surface area contributed by atoms with E-state index < -0.39 is 0 Å². The summed E-state index contributed by atoms with van der Waals surface area (Å²) in [4.78, 5) is 2.71. The highest BCUT2D eigenvalue weighted by molar-refractivity contribution is 5.67. The third kappa shape index (κ3) is 2.13. The summed E-state index contributed by atoms with van der Waals surface area (Å²) in [6.07, 6.45) is 7.74. The van der Waals surface area contributed by atoms with Crippen LogP contribution in [0.3, 0.4) is 0 Å². The SMILES string of the molecule is CCC(C)CN1CC[C@]23C4=CC=C(OC)C2Oc2c(OC)ccc(c23)CC41. The van der Waals surface area contributed by atoms with Gasteiger partial charge in [-0.05, 0) is 42.0 Å². The van der Waals surface area contributed by atoms with E-state index in [4.69, 9.17) is 14.2 Å². The lowest BCUT2D eigenvalue weighted by Gasteiger charge is -2.54. The van der Waals surface area contributed by atoms with Crippen molar-refractivity contribution in [1.82, 2.24) is 4.90 Å². The molecule has 1 spiro atoms. The summed E-state index contributed by atoms with van der Waals surface area (Å²) in [5, 5.41) is 0. The fraction of sp³-hybridized carbons (Fsp3) is 0.565. The Hall–Kier alpha value is -1.94. The van der Waals surface area contributed by atoms with E-state index in [1.807, 2.05) is 0 Å². The second kappa shape index (κ2) is 6.03. The number of benzene rings is 1. The van der Waals surface area contributed by atoms with Crippen molar-refractivity contribution in [2.75, 3.05) is 27.3 Å². The van der Waals surface area contributed by atoms with Gasteiger partial charge in [0.05, 0.1) is 19.6 Å². The van der Waals surface area contributed by atoms with Crippen LogP contribution < -0.4 is 9.47 Å².